The predicted octanol–water partition coefficient (Wildman–Crippen LogP) is 3.50. The normalized spacial score (nSPS) is 26.2. The molecule has 1 rings (SSSR count). The van der Waals surface area contributed by atoms with Crippen molar-refractivity contribution in [1.82, 2.24) is 0 Å². The second kappa shape index (κ2) is 4.02. The summed E-state index contributed by atoms with van der Waals surface area (Å²) in [5.41, 5.74) is 1.58. The van der Waals surface area contributed by atoms with Crippen LogP contribution < -0.4 is 0 Å². The Morgan fingerprint density at radius 2 is 2.50 bits per heavy atom. The lowest BCUT2D eigenvalue weighted by molar-refractivity contribution is 0.677. The van der Waals surface area contributed by atoms with E-state index in [4.69, 9.17) is 11.6 Å². The SMILES string of the molecule is CCCC1=CCC[C@H](Cl)C1. The summed E-state index contributed by atoms with van der Waals surface area (Å²) in [5, 5.41) is 0.423. The highest BCUT2D eigenvalue weighted by Gasteiger charge is 2.10. The first-order chi connectivity index (χ1) is 4.83. The Hall–Kier alpha value is 0.0300. The van der Waals surface area contributed by atoms with Gasteiger partial charge in [-0.1, -0.05) is 25.0 Å². The van der Waals surface area contributed by atoms with Gasteiger partial charge in [0.15, 0.2) is 0 Å². The Balaban J connectivity index is 2.36. The van der Waals surface area contributed by atoms with Crippen LogP contribution in [0, 0.1) is 0 Å². The molecule has 0 nitrogen and oxygen atoms in total. The average Bonchev–Trinajstić information content (AvgIpc) is 1.88. The highest BCUT2D eigenvalue weighted by molar-refractivity contribution is 6.20. The van der Waals surface area contributed by atoms with Gasteiger partial charge in [-0.2, -0.15) is 0 Å². The van der Waals surface area contributed by atoms with Crippen LogP contribution in [-0.4, -0.2) is 5.38 Å². The molecule has 1 heteroatoms. The van der Waals surface area contributed by atoms with E-state index in [2.05, 4.69) is 13.0 Å². The molecule has 0 fully saturated rings. The monoisotopic (exact) mass is 158 g/mol. The quantitative estimate of drug-likeness (QED) is 0.426. The molecule has 0 radical (unpaired) electrons. The van der Waals surface area contributed by atoms with Gasteiger partial charge in [0.05, 0.1) is 0 Å². The summed E-state index contributed by atoms with van der Waals surface area (Å²) >= 11 is 6.01. The first-order valence-corrected chi connectivity index (χ1v) is 4.58. The van der Waals surface area contributed by atoms with Crippen LogP contribution in [0.25, 0.3) is 0 Å². The Bertz CT molecular complexity index is 127. The van der Waals surface area contributed by atoms with Gasteiger partial charge in [-0.05, 0) is 25.7 Å². The van der Waals surface area contributed by atoms with Crippen LogP contribution in [0.3, 0.4) is 0 Å². The predicted molar refractivity (Wildman–Crippen MR) is 46.5 cm³/mol. The number of hydrogen-bond acceptors (Lipinski definition) is 0. The second-order valence-electron chi connectivity index (χ2n) is 2.99. The molecule has 0 N–H and O–H groups in total. The summed E-state index contributed by atoms with van der Waals surface area (Å²) in [7, 11) is 0. The van der Waals surface area contributed by atoms with Crippen LogP contribution in [-0.2, 0) is 0 Å². The summed E-state index contributed by atoms with van der Waals surface area (Å²) in [6, 6.07) is 0. The third-order valence-electron chi connectivity index (χ3n) is 1.97. The van der Waals surface area contributed by atoms with E-state index < -0.39 is 0 Å². The molecule has 0 spiro atoms. The van der Waals surface area contributed by atoms with Gasteiger partial charge in [-0.15, -0.1) is 11.6 Å². The molecule has 0 aromatic carbocycles. The van der Waals surface area contributed by atoms with Gasteiger partial charge in [0, 0.05) is 5.38 Å². The van der Waals surface area contributed by atoms with Crippen molar-refractivity contribution in [2.24, 2.45) is 0 Å². The fourth-order valence-corrected chi connectivity index (χ4v) is 1.79. The summed E-state index contributed by atoms with van der Waals surface area (Å²) in [6.45, 7) is 2.22. The minimum absolute atomic E-state index is 0.423. The Morgan fingerprint density at radius 3 is 3.10 bits per heavy atom. The first kappa shape index (κ1) is 8.13. The number of rotatable bonds is 2. The Labute approximate surface area is 68.3 Å². The van der Waals surface area contributed by atoms with E-state index in [9.17, 15) is 0 Å². The fourth-order valence-electron chi connectivity index (χ4n) is 1.46. The van der Waals surface area contributed by atoms with Crippen molar-refractivity contribution in [2.75, 3.05) is 0 Å². The van der Waals surface area contributed by atoms with Gasteiger partial charge in [0.2, 0.25) is 0 Å². The molecule has 1 atom stereocenters. The Morgan fingerprint density at radius 1 is 1.70 bits per heavy atom. The fraction of sp³-hybridized carbons (Fsp3) is 0.778. The van der Waals surface area contributed by atoms with Crippen LogP contribution in [0.4, 0.5) is 0 Å². The van der Waals surface area contributed by atoms with E-state index in [-0.39, 0.29) is 0 Å². The molecular weight excluding hydrogens is 144 g/mol. The molecule has 0 amide bonds. The van der Waals surface area contributed by atoms with Crippen molar-refractivity contribution in [3.8, 4) is 0 Å². The number of alkyl halides is 1. The van der Waals surface area contributed by atoms with E-state index in [0.717, 1.165) is 6.42 Å². The van der Waals surface area contributed by atoms with Gasteiger partial charge in [0.1, 0.15) is 0 Å². The third-order valence-corrected chi connectivity index (χ3v) is 2.34. The van der Waals surface area contributed by atoms with Gasteiger partial charge < -0.3 is 0 Å². The van der Waals surface area contributed by atoms with E-state index in [1.165, 1.54) is 25.7 Å². The van der Waals surface area contributed by atoms with E-state index in [1.807, 2.05) is 0 Å². The molecule has 0 aromatic heterocycles. The maximum atomic E-state index is 6.01. The zero-order valence-electron chi connectivity index (χ0n) is 6.57. The van der Waals surface area contributed by atoms with Gasteiger partial charge in [0.25, 0.3) is 0 Å². The Kier molecular flexibility index (Phi) is 3.27. The lowest BCUT2D eigenvalue weighted by Gasteiger charge is -2.16. The van der Waals surface area contributed by atoms with Gasteiger partial charge in [-0.3, -0.25) is 0 Å². The highest BCUT2D eigenvalue weighted by Crippen LogP contribution is 2.25. The van der Waals surface area contributed by atoms with Crippen molar-refractivity contribution in [1.29, 1.82) is 0 Å². The molecule has 1 aliphatic rings. The van der Waals surface area contributed by atoms with Crippen molar-refractivity contribution >= 4 is 11.6 Å². The molecule has 0 aliphatic heterocycles. The molecule has 0 unspecified atom stereocenters. The zero-order chi connectivity index (χ0) is 7.40. The molecule has 0 aromatic rings. The molecule has 0 bridgehead atoms. The van der Waals surface area contributed by atoms with E-state index >= 15 is 0 Å². The zero-order valence-corrected chi connectivity index (χ0v) is 7.32. The third kappa shape index (κ3) is 2.34. The van der Waals surface area contributed by atoms with Crippen molar-refractivity contribution in [3.05, 3.63) is 11.6 Å². The maximum Gasteiger partial charge on any atom is 0.0376 e. The van der Waals surface area contributed by atoms with Crippen LogP contribution in [0.1, 0.15) is 39.0 Å². The van der Waals surface area contributed by atoms with Crippen LogP contribution in [0.2, 0.25) is 0 Å². The summed E-state index contributed by atoms with van der Waals surface area (Å²) in [5.74, 6) is 0. The molecule has 58 valence electrons. The largest absolute Gasteiger partial charge is 0.123 e. The summed E-state index contributed by atoms with van der Waals surface area (Å²) < 4.78 is 0. The lowest BCUT2D eigenvalue weighted by Crippen LogP contribution is -2.04. The maximum absolute atomic E-state index is 6.01. The molecule has 10 heavy (non-hydrogen) atoms. The minimum atomic E-state index is 0.423. The smallest absolute Gasteiger partial charge is 0.0376 e. The standard InChI is InChI=1S/C9H15Cl/c1-2-4-8-5-3-6-9(10)7-8/h5,9H,2-4,6-7H2,1H3/t9-/m0/s1. The van der Waals surface area contributed by atoms with Crippen molar-refractivity contribution in [2.45, 2.75) is 44.4 Å². The highest BCUT2D eigenvalue weighted by atomic mass is 35.5. The topological polar surface area (TPSA) is 0 Å². The molecular formula is C9H15Cl. The number of halogens is 1. The number of hydrogen-bond donors (Lipinski definition) is 0. The molecule has 0 heterocycles. The summed E-state index contributed by atoms with van der Waals surface area (Å²) in [4.78, 5) is 0. The molecule has 0 saturated carbocycles. The summed E-state index contributed by atoms with van der Waals surface area (Å²) in [6.07, 6.45) is 8.38. The van der Waals surface area contributed by atoms with Gasteiger partial charge in [-0.25, -0.2) is 0 Å². The number of allylic oxidation sites excluding steroid dienone is 2. The van der Waals surface area contributed by atoms with Crippen molar-refractivity contribution in [3.63, 3.8) is 0 Å². The van der Waals surface area contributed by atoms with Gasteiger partial charge >= 0.3 is 0 Å². The van der Waals surface area contributed by atoms with Crippen LogP contribution in [0.15, 0.2) is 11.6 Å². The van der Waals surface area contributed by atoms with Crippen molar-refractivity contribution < 1.29 is 0 Å². The lowest BCUT2D eigenvalue weighted by atomic mass is 9.96. The molecule has 0 saturated heterocycles. The van der Waals surface area contributed by atoms with E-state index in [1.54, 1.807) is 5.57 Å². The minimum Gasteiger partial charge on any atom is -0.123 e. The average molecular weight is 159 g/mol. The first-order valence-electron chi connectivity index (χ1n) is 4.15. The second-order valence-corrected chi connectivity index (χ2v) is 3.61. The van der Waals surface area contributed by atoms with Crippen LogP contribution in [0.5, 0.6) is 0 Å². The van der Waals surface area contributed by atoms with E-state index in [0.29, 0.717) is 5.38 Å². The van der Waals surface area contributed by atoms with Crippen LogP contribution >= 0.6 is 11.6 Å². The molecule has 1 aliphatic carbocycles.